The van der Waals surface area contributed by atoms with Crippen LogP contribution in [0.25, 0.3) is 0 Å². The lowest BCUT2D eigenvalue weighted by Gasteiger charge is -2.15. The van der Waals surface area contributed by atoms with Crippen LogP contribution in [0.2, 0.25) is 0 Å². The van der Waals surface area contributed by atoms with Crippen LogP contribution in [0, 0.1) is 0 Å². The predicted molar refractivity (Wildman–Crippen MR) is 34.5 cm³/mol. The van der Waals surface area contributed by atoms with Gasteiger partial charge >= 0.3 is 6.18 Å². The Hall–Kier alpha value is -0.780. The molecule has 0 heterocycles. The molecule has 0 rings (SSSR count). The number of carbonyl (C=O) groups is 1. The van der Waals surface area contributed by atoms with E-state index in [4.69, 9.17) is 5.21 Å². The Labute approximate surface area is 67.7 Å². The minimum absolute atomic E-state index is 0.0768. The highest BCUT2D eigenvalue weighted by molar-refractivity contribution is 5.74. The van der Waals surface area contributed by atoms with Crippen LogP contribution in [0.4, 0.5) is 13.2 Å². The van der Waals surface area contributed by atoms with Crippen LogP contribution in [0.5, 0.6) is 0 Å². The molecule has 72 valence electrons. The van der Waals surface area contributed by atoms with Gasteiger partial charge in [-0.05, 0) is 6.42 Å². The second-order valence-electron chi connectivity index (χ2n) is 2.32. The molecule has 0 unspecified atom stereocenters. The first-order valence-electron chi connectivity index (χ1n) is 3.43. The van der Waals surface area contributed by atoms with E-state index in [2.05, 4.69) is 0 Å². The van der Waals surface area contributed by atoms with Gasteiger partial charge in [-0.2, -0.15) is 13.2 Å². The lowest BCUT2D eigenvalue weighted by Crippen LogP contribution is -2.36. The van der Waals surface area contributed by atoms with Crippen molar-refractivity contribution in [3.63, 3.8) is 0 Å². The molecule has 0 aromatic rings. The third-order valence-electron chi connectivity index (χ3n) is 1.08. The molecule has 0 aromatic heterocycles. The number of hydroxylamine groups is 2. The maximum absolute atomic E-state index is 11.6. The third kappa shape index (κ3) is 4.95. The van der Waals surface area contributed by atoms with Crippen molar-refractivity contribution in [3.05, 3.63) is 0 Å². The van der Waals surface area contributed by atoms with Crippen molar-refractivity contribution in [3.8, 4) is 0 Å². The molecular weight excluding hydrogens is 175 g/mol. The summed E-state index contributed by atoms with van der Waals surface area (Å²) in [5.41, 5.74) is 0. The predicted octanol–water partition coefficient (Wildman–Crippen LogP) is 1.57. The highest BCUT2D eigenvalue weighted by Crippen LogP contribution is 2.15. The SMILES string of the molecule is CCCC(=O)N(O)CC(F)(F)F. The molecule has 0 aliphatic heterocycles. The monoisotopic (exact) mass is 185 g/mol. The zero-order valence-electron chi connectivity index (χ0n) is 6.56. The fourth-order valence-corrected chi connectivity index (χ4v) is 0.601. The van der Waals surface area contributed by atoms with Crippen molar-refractivity contribution in [2.45, 2.75) is 25.9 Å². The molecule has 3 nitrogen and oxygen atoms in total. The first kappa shape index (κ1) is 11.2. The van der Waals surface area contributed by atoms with E-state index in [1.165, 1.54) is 0 Å². The van der Waals surface area contributed by atoms with Gasteiger partial charge < -0.3 is 0 Å². The number of amides is 1. The van der Waals surface area contributed by atoms with Crippen molar-refractivity contribution < 1.29 is 23.2 Å². The Morgan fingerprint density at radius 3 is 2.33 bits per heavy atom. The zero-order chi connectivity index (χ0) is 9.78. The lowest BCUT2D eigenvalue weighted by atomic mass is 10.3. The van der Waals surface area contributed by atoms with Gasteiger partial charge in [0, 0.05) is 6.42 Å². The highest BCUT2D eigenvalue weighted by atomic mass is 19.4. The van der Waals surface area contributed by atoms with E-state index in [0.29, 0.717) is 6.42 Å². The van der Waals surface area contributed by atoms with Crippen LogP contribution < -0.4 is 0 Å². The maximum Gasteiger partial charge on any atom is 0.408 e. The van der Waals surface area contributed by atoms with Gasteiger partial charge in [-0.1, -0.05) is 6.92 Å². The number of alkyl halides is 3. The number of carbonyl (C=O) groups excluding carboxylic acids is 1. The lowest BCUT2D eigenvalue weighted by molar-refractivity contribution is -0.212. The summed E-state index contributed by atoms with van der Waals surface area (Å²) in [6.07, 6.45) is -4.21. The Morgan fingerprint density at radius 2 is 2.00 bits per heavy atom. The summed E-state index contributed by atoms with van der Waals surface area (Å²) in [4.78, 5) is 10.6. The number of rotatable bonds is 3. The second kappa shape index (κ2) is 4.30. The smallest absolute Gasteiger partial charge is 0.286 e. The molecule has 0 saturated heterocycles. The normalized spacial score (nSPS) is 11.4. The minimum Gasteiger partial charge on any atom is -0.286 e. The van der Waals surface area contributed by atoms with E-state index in [0.717, 1.165) is 0 Å². The maximum atomic E-state index is 11.6. The van der Waals surface area contributed by atoms with Crippen molar-refractivity contribution >= 4 is 5.91 Å². The highest BCUT2D eigenvalue weighted by Gasteiger charge is 2.32. The molecule has 0 fully saturated rings. The van der Waals surface area contributed by atoms with Gasteiger partial charge in [0.2, 0.25) is 5.91 Å². The van der Waals surface area contributed by atoms with Crippen LogP contribution >= 0.6 is 0 Å². The largest absolute Gasteiger partial charge is 0.408 e. The molecular formula is C6H10F3NO2. The van der Waals surface area contributed by atoms with Crippen molar-refractivity contribution in [2.75, 3.05) is 6.54 Å². The topological polar surface area (TPSA) is 40.5 Å². The standard InChI is InChI=1S/C6H10F3NO2/c1-2-3-5(11)10(12)4-6(7,8)9/h12H,2-4H2,1H3. The fraction of sp³-hybridized carbons (Fsp3) is 0.833. The van der Waals surface area contributed by atoms with Gasteiger partial charge in [0.05, 0.1) is 0 Å². The number of hydrogen-bond donors (Lipinski definition) is 1. The summed E-state index contributed by atoms with van der Waals surface area (Å²) in [7, 11) is 0. The van der Waals surface area contributed by atoms with Crippen LogP contribution in [0.3, 0.4) is 0 Å². The number of halogens is 3. The minimum atomic E-state index is -4.54. The summed E-state index contributed by atoms with van der Waals surface area (Å²) < 4.78 is 34.7. The molecule has 0 aliphatic carbocycles. The van der Waals surface area contributed by atoms with Crippen LogP contribution in [0.1, 0.15) is 19.8 Å². The summed E-state index contributed by atoms with van der Waals surface area (Å²) >= 11 is 0. The molecule has 0 radical (unpaired) electrons. The Bertz CT molecular complexity index is 157. The van der Waals surface area contributed by atoms with E-state index in [9.17, 15) is 18.0 Å². The van der Waals surface area contributed by atoms with Gasteiger partial charge in [-0.3, -0.25) is 10.0 Å². The summed E-state index contributed by atoms with van der Waals surface area (Å²) in [6.45, 7) is 0.0329. The molecule has 1 N–H and O–H groups in total. The molecule has 0 aliphatic rings. The van der Waals surface area contributed by atoms with Crippen LogP contribution in [0.15, 0.2) is 0 Å². The van der Waals surface area contributed by atoms with Gasteiger partial charge in [-0.25, -0.2) is 5.06 Å². The van der Waals surface area contributed by atoms with Crippen molar-refractivity contribution in [1.82, 2.24) is 5.06 Å². The van der Waals surface area contributed by atoms with Gasteiger partial charge in [-0.15, -0.1) is 0 Å². The Kier molecular flexibility index (Phi) is 4.02. The summed E-state index contributed by atoms with van der Waals surface area (Å²) in [5, 5.41) is 8.25. The quantitative estimate of drug-likeness (QED) is 0.535. The van der Waals surface area contributed by atoms with Gasteiger partial charge in [0.15, 0.2) is 0 Å². The first-order valence-corrected chi connectivity index (χ1v) is 3.43. The Morgan fingerprint density at radius 1 is 1.50 bits per heavy atom. The average Bonchev–Trinajstić information content (AvgIpc) is 1.84. The average molecular weight is 185 g/mol. The van der Waals surface area contributed by atoms with Gasteiger partial charge in [0.1, 0.15) is 6.54 Å². The second-order valence-corrected chi connectivity index (χ2v) is 2.32. The van der Waals surface area contributed by atoms with Crippen LogP contribution in [-0.2, 0) is 4.79 Å². The molecule has 0 saturated carbocycles. The van der Waals surface area contributed by atoms with E-state index < -0.39 is 18.6 Å². The molecule has 0 aromatic carbocycles. The van der Waals surface area contributed by atoms with Crippen molar-refractivity contribution in [1.29, 1.82) is 0 Å². The first-order chi connectivity index (χ1) is 5.37. The summed E-state index contributed by atoms with van der Waals surface area (Å²) in [6, 6.07) is 0. The fourth-order valence-electron chi connectivity index (χ4n) is 0.601. The van der Waals surface area contributed by atoms with Crippen molar-refractivity contribution in [2.24, 2.45) is 0 Å². The molecule has 0 atom stereocenters. The Balaban J connectivity index is 3.87. The van der Waals surface area contributed by atoms with Crippen LogP contribution in [-0.4, -0.2) is 28.9 Å². The molecule has 12 heavy (non-hydrogen) atoms. The molecule has 0 bridgehead atoms. The molecule has 6 heteroatoms. The van der Waals surface area contributed by atoms with E-state index >= 15 is 0 Å². The van der Waals surface area contributed by atoms with E-state index in [1.807, 2.05) is 0 Å². The number of hydrogen-bond acceptors (Lipinski definition) is 2. The van der Waals surface area contributed by atoms with E-state index in [-0.39, 0.29) is 11.5 Å². The van der Waals surface area contributed by atoms with E-state index in [1.54, 1.807) is 6.92 Å². The van der Waals surface area contributed by atoms with Gasteiger partial charge in [0.25, 0.3) is 0 Å². The molecule has 1 amide bonds. The number of nitrogens with zero attached hydrogens (tertiary/aromatic N) is 1. The third-order valence-corrected chi connectivity index (χ3v) is 1.08. The molecule has 0 spiro atoms. The zero-order valence-corrected chi connectivity index (χ0v) is 6.56. The summed E-state index contributed by atoms with van der Waals surface area (Å²) in [5.74, 6) is -0.908.